The number of hydrogen-bond donors (Lipinski definition) is 2. The van der Waals surface area contributed by atoms with Crippen LogP contribution >= 0.6 is 0 Å². The normalized spacial score (nSPS) is 19.2. The highest BCUT2D eigenvalue weighted by Crippen LogP contribution is 2.35. The predicted molar refractivity (Wildman–Crippen MR) is 149 cm³/mol. The molecule has 0 bridgehead atoms. The molecule has 194 valence electrons. The average Bonchev–Trinajstić information content (AvgIpc) is 2.92. The molecule has 0 spiro atoms. The first-order valence-corrected chi connectivity index (χ1v) is 13.0. The van der Waals surface area contributed by atoms with Crippen LogP contribution in [0.4, 0.5) is 0 Å². The van der Waals surface area contributed by atoms with Crippen molar-refractivity contribution in [2.75, 3.05) is 13.1 Å². The zero-order valence-electron chi connectivity index (χ0n) is 21.7. The minimum absolute atomic E-state index is 0.0363. The summed E-state index contributed by atoms with van der Waals surface area (Å²) in [5, 5.41) is 19.7. The molecule has 2 N–H and O–H groups in total. The van der Waals surface area contributed by atoms with Gasteiger partial charge >= 0.3 is 5.97 Å². The van der Waals surface area contributed by atoms with Crippen LogP contribution in [-0.4, -0.2) is 56.1 Å². The number of phenols is 1. The number of nitrogens with zero attached hydrogens (tertiary/aromatic N) is 3. The Morgan fingerprint density at radius 3 is 2.37 bits per heavy atom. The van der Waals surface area contributed by atoms with E-state index in [0.717, 1.165) is 36.3 Å². The average molecular weight is 508 g/mol. The van der Waals surface area contributed by atoms with Gasteiger partial charge in [0.2, 0.25) is 0 Å². The van der Waals surface area contributed by atoms with E-state index in [9.17, 15) is 15.0 Å². The summed E-state index contributed by atoms with van der Waals surface area (Å²) in [5.74, 6) is -0.717. The third-order valence-electron chi connectivity index (χ3n) is 7.44. The quantitative estimate of drug-likeness (QED) is 0.327. The first kappa shape index (κ1) is 25.6. The number of carbonyl (C=O) groups is 1. The monoisotopic (exact) mass is 507 g/mol. The van der Waals surface area contributed by atoms with Crippen molar-refractivity contribution >= 4 is 5.97 Å². The van der Waals surface area contributed by atoms with E-state index in [0.29, 0.717) is 11.7 Å². The molecule has 0 aliphatic carbocycles. The Kier molecular flexibility index (Phi) is 7.54. The van der Waals surface area contributed by atoms with Gasteiger partial charge in [0.05, 0.1) is 17.3 Å². The molecule has 1 fully saturated rings. The van der Waals surface area contributed by atoms with Crippen LogP contribution in [0.1, 0.15) is 46.9 Å². The van der Waals surface area contributed by atoms with Gasteiger partial charge in [-0.05, 0) is 54.8 Å². The van der Waals surface area contributed by atoms with E-state index in [1.54, 1.807) is 12.1 Å². The van der Waals surface area contributed by atoms with Gasteiger partial charge in [-0.25, -0.2) is 4.79 Å². The zero-order chi connectivity index (χ0) is 26.6. The molecular weight excluding hydrogens is 474 g/mol. The number of piperazine rings is 1. The van der Waals surface area contributed by atoms with Gasteiger partial charge in [-0.3, -0.25) is 14.8 Å². The lowest BCUT2D eigenvalue weighted by atomic mass is 9.92. The molecule has 2 heterocycles. The van der Waals surface area contributed by atoms with Crippen LogP contribution in [0.3, 0.4) is 0 Å². The lowest BCUT2D eigenvalue weighted by molar-refractivity contribution is 0.0195. The van der Waals surface area contributed by atoms with Crippen LogP contribution in [0.25, 0.3) is 11.3 Å². The molecule has 0 saturated carbocycles. The summed E-state index contributed by atoms with van der Waals surface area (Å²) in [6.07, 6.45) is 1.53. The maximum Gasteiger partial charge on any atom is 0.335 e. The van der Waals surface area contributed by atoms with E-state index < -0.39 is 5.97 Å². The summed E-state index contributed by atoms with van der Waals surface area (Å²) in [7, 11) is 0. The maximum absolute atomic E-state index is 11.4. The number of rotatable bonds is 7. The largest absolute Gasteiger partial charge is 0.508 e. The van der Waals surface area contributed by atoms with Crippen LogP contribution in [0.2, 0.25) is 0 Å². The van der Waals surface area contributed by atoms with Gasteiger partial charge in [-0.2, -0.15) is 0 Å². The molecule has 1 aliphatic rings. The summed E-state index contributed by atoms with van der Waals surface area (Å²) in [6.45, 7) is 7.31. The first-order valence-electron chi connectivity index (χ1n) is 13.0. The molecule has 0 unspecified atom stereocenters. The lowest BCUT2D eigenvalue weighted by Gasteiger charge is -2.47. The number of aromatic nitrogens is 1. The zero-order valence-corrected chi connectivity index (χ0v) is 21.7. The molecule has 3 atom stereocenters. The van der Waals surface area contributed by atoms with E-state index >= 15 is 0 Å². The van der Waals surface area contributed by atoms with Crippen molar-refractivity contribution in [2.45, 2.75) is 38.5 Å². The van der Waals surface area contributed by atoms with Crippen molar-refractivity contribution < 1.29 is 15.0 Å². The molecule has 1 aromatic heterocycles. The Morgan fingerprint density at radius 2 is 1.66 bits per heavy atom. The third kappa shape index (κ3) is 5.62. The number of pyridine rings is 1. The minimum atomic E-state index is -0.969. The van der Waals surface area contributed by atoms with E-state index in [4.69, 9.17) is 0 Å². The number of carboxylic acids is 1. The van der Waals surface area contributed by atoms with Gasteiger partial charge in [-0.15, -0.1) is 0 Å². The molecule has 6 heteroatoms. The molecule has 5 rings (SSSR count). The van der Waals surface area contributed by atoms with Crippen LogP contribution in [0.15, 0.2) is 97.2 Å². The SMILES string of the molecule is C[C@@H]1CN([C@H](c2ccc(-c3cc(C(=O)O)ccn3)cc2)c2cccc(O)c2)[C@@H](C)CN1Cc1ccccc1. The summed E-state index contributed by atoms with van der Waals surface area (Å²) in [6, 6.07) is 30.0. The van der Waals surface area contributed by atoms with Crippen molar-refractivity contribution in [2.24, 2.45) is 0 Å². The minimum Gasteiger partial charge on any atom is -0.508 e. The fraction of sp³-hybridized carbons (Fsp3) is 0.250. The van der Waals surface area contributed by atoms with Crippen LogP contribution in [0, 0.1) is 0 Å². The molecule has 0 amide bonds. The second-order valence-corrected chi connectivity index (χ2v) is 10.2. The highest BCUT2D eigenvalue weighted by molar-refractivity contribution is 5.88. The van der Waals surface area contributed by atoms with Gasteiger partial charge in [0.15, 0.2) is 0 Å². The molecule has 0 radical (unpaired) electrons. The molecule has 6 nitrogen and oxygen atoms in total. The van der Waals surface area contributed by atoms with E-state index in [2.05, 4.69) is 77.2 Å². The van der Waals surface area contributed by atoms with Gasteiger partial charge in [0, 0.05) is 43.5 Å². The Hall–Kier alpha value is -4.00. The van der Waals surface area contributed by atoms with Crippen LogP contribution in [-0.2, 0) is 6.54 Å². The molecular formula is C32H33N3O3. The number of aromatic carboxylic acids is 1. The van der Waals surface area contributed by atoms with Crippen molar-refractivity contribution in [3.8, 4) is 17.0 Å². The predicted octanol–water partition coefficient (Wildman–Crippen LogP) is 5.84. The smallest absolute Gasteiger partial charge is 0.335 e. The van der Waals surface area contributed by atoms with Gasteiger partial charge < -0.3 is 10.2 Å². The van der Waals surface area contributed by atoms with E-state index in [1.165, 1.54) is 17.8 Å². The molecule has 3 aromatic carbocycles. The molecule has 1 saturated heterocycles. The van der Waals surface area contributed by atoms with Crippen LogP contribution < -0.4 is 0 Å². The Morgan fingerprint density at radius 1 is 0.895 bits per heavy atom. The summed E-state index contributed by atoms with van der Waals surface area (Å²) >= 11 is 0. The summed E-state index contributed by atoms with van der Waals surface area (Å²) in [4.78, 5) is 20.9. The molecule has 38 heavy (non-hydrogen) atoms. The number of aromatic hydroxyl groups is 1. The van der Waals surface area contributed by atoms with Gasteiger partial charge in [0.1, 0.15) is 5.75 Å². The van der Waals surface area contributed by atoms with Crippen molar-refractivity contribution in [1.82, 2.24) is 14.8 Å². The fourth-order valence-corrected chi connectivity index (χ4v) is 5.45. The second-order valence-electron chi connectivity index (χ2n) is 10.2. The first-order chi connectivity index (χ1) is 18.4. The Bertz CT molecular complexity index is 1390. The standard InChI is InChI=1S/C32H33N3O3/c1-22-20-35(23(2)19-34(22)21-24-7-4-3-5-8-24)31(27-9-6-10-29(36)17-27)26-13-11-25(12-14-26)30-18-28(32(37)38)15-16-33-30/h3-18,22-23,31,36H,19-21H2,1-2H3,(H,37,38)/t22-,23+,31-/m1/s1. The van der Waals surface area contributed by atoms with E-state index in [1.807, 2.05) is 24.3 Å². The maximum atomic E-state index is 11.4. The number of benzene rings is 3. The third-order valence-corrected chi connectivity index (χ3v) is 7.44. The van der Waals surface area contributed by atoms with Crippen molar-refractivity contribution in [3.63, 3.8) is 0 Å². The molecule has 4 aromatic rings. The summed E-state index contributed by atoms with van der Waals surface area (Å²) in [5.41, 5.74) is 5.18. The van der Waals surface area contributed by atoms with Crippen molar-refractivity contribution in [1.29, 1.82) is 0 Å². The fourth-order valence-electron chi connectivity index (χ4n) is 5.45. The Balaban J connectivity index is 1.44. The van der Waals surface area contributed by atoms with Crippen molar-refractivity contribution in [3.05, 3.63) is 119 Å². The number of hydrogen-bond acceptors (Lipinski definition) is 5. The van der Waals surface area contributed by atoms with Gasteiger partial charge in [-0.1, -0.05) is 66.7 Å². The molecule has 1 aliphatic heterocycles. The van der Waals surface area contributed by atoms with Crippen LogP contribution in [0.5, 0.6) is 5.75 Å². The Labute approximate surface area is 223 Å². The topological polar surface area (TPSA) is 76.9 Å². The second kappa shape index (κ2) is 11.2. The highest BCUT2D eigenvalue weighted by Gasteiger charge is 2.35. The summed E-state index contributed by atoms with van der Waals surface area (Å²) < 4.78 is 0. The van der Waals surface area contributed by atoms with Gasteiger partial charge in [0.25, 0.3) is 0 Å². The number of phenolic OH excluding ortho intramolecular Hbond substituents is 1. The number of carboxylic acid groups (broad SMARTS) is 1. The lowest BCUT2D eigenvalue weighted by Crippen LogP contribution is -2.56. The highest BCUT2D eigenvalue weighted by atomic mass is 16.4. The van der Waals surface area contributed by atoms with E-state index in [-0.39, 0.29) is 23.4 Å².